The van der Waals surface area contributed by atoms with Crippen molar-refractivity contribution in [3.63, 3.8) is 0 Å². The minimum Gasteiger partial charge on any atom is -0.338 e. The highest BCUT2D eigenvalue weighted by molar-refractivity contribution is 6.42. The number of carbonyl (C=O) groups excluding carboxylic acids is 3. The number of nitrogens with one attached hydrogen (secondary N) is 2. The number of amides is 3. The van der Waals surface area contributed by atoms with Gasteiger partial charge in [0.15, 0.2) is 0 Å². The van der Waals surface area contributed by atoms with Gasteiger partial charge < -0.3 is 15.5 Å². The third-order valence-electron chi connectivity index (χ3n) is 5.28. The second kappa shape index (κ2) is 10.8. The summed E-state index contributed by atoms with van der Waals surface area (Å²) in [6, 6.07) is 11.8. The van der Waals surface area contributed by atoms with E-state index in [1.54, 1.807) is 47.4 Å². The van der Waals surface area contributed by atoms with Gasteiger partial charge in [-0.15, -0.1) is 0 Å². The maximum Gasteiger partial charge on any atom is 0.253 e. The third kappa shape index (κ3) is 6.47. The van der Waals surface area contributed by atoms with Crippen LogP contribution in [-0.2, 0) is 9.59 Å². The van der Waals surface area contributed by atoms with Crippen molar-refractivity contribution in [3.05, 3.63) is 58.1 Å². The van der Waals surface area contributed by atoms with E-state index in [-0.39, 0.29) is 29.6 Å². The average molecular weight is 476 g/mol. The normalized spacial score (nSPS) is 16.0. The molecule has 2 aromatic carbocycles. The number of hydrogen-bond donors (Lipinski definition) is 2. The van der Waals surface area contributed by atoms with Crippen LogP contribution in [0.4, 0.5) is 11.4 Å². The van der Waals surface area contributed by atoms with Crippen LogP contribution < -0.4 is 10.6 Å². The van der Waals surface area contributed by atoms with E-state index in [0.29, 0.717) is 52.9 Å². The second-order valence-electron chi connectivity index (χ2n) is 8.43. The summed E-state index contributed by atoms with van der Waals surface area (Å²) in [5, 5.41) is 6.48. The molecule has 1 saturated heterocycles. The van der Waals surface area contributed by atoms with Crippen LogP contribution in [0.25, 0.3) is 0 Å². The maximum absolute atomic E-state index is 12.8. The van der Waals surface area contributed by atoms with Gasteiger partial charge in [0.05, 0.1) is 16.0 Å². The van der Waals surface area contributed by atoms with Crippen molar-refractivity contribution < 1.29 is 14.4 Å². The molecule has 0 aromatic heterocycles. The molecule has 3 rings (SSSR count). The zero-order chi connectivity index (χ0) is 23.3. The summed E-state index contributed by atoms with van der Waals surface area (Å²) in [5.74, 6) is -0.352. The lowest BCUT2D eigenvalue weighted by Gasteiger charge is -2.32. The minimum atomic E-state index is -0.305. The van der Waals surface area contributed by atoms with Gasteiger partial charge >= 0.3 is 0 Å². The van der Waals surface area contributed by atoms with Crippen LogP contribution in [-0.4, -0.2) is 35.7 Å². The molecule has 6 nitrogen and oxygen atoms in total. The molecule has 32 heavy (non-hydrogen) atoms. The van der Waals surface area contributed by atoms with Crippen LogP contribution in [0, 0.1) is 11.8 Å². The topological polar surface area (TPSA) is 78.5 Å². The predicted molar refractivity (Wildman–Crippen MR) is 128 cm³/mol. The summed E-state index contributed by atoms with van der Waals surface area (Å²) >= 11 is 12.0. The summed E-state index contributed by atoms with van der Waals surface area (Å²) < 4.78 is 0. The summed E-state index contributed by atoms with van der Waals surface area (Å²) in [5.41, 5.74) is 1.78. The van der Waals surface area contributed by atoms with Crippen molar-refractivity contribution in [1.29, 1.82) is 0 Å². The third-order valence-corrected chi connectivity index (χ3v) is 6.01. The lowest BCUT2D eigenvalue weighted by Crippen LogP contribution is -2.43. The molecule has 8 heteroatoms. The van der Waals surface area contributed by atoms with E-state index >= 15 is 0 Å². The Morgan fingerprint density at radius 2 is 1.66 bits per heavy atom. The number of carbonyl (C=O) groups is 3. The molecule has 170 valence electrons. The van der Waals surface area contributed by atoms with Gasteiger partial charge in [-0.05, 0) is 61.2 Å². The fourth-order valence-corrected chi connectivity index (χ4v) is 3.95. The Morgan fingerprint density at radius 1 is 1.00 bits per heavy atom. The van der Waals surface area contributed by atoms with Gasteiger partial charge in [-0.3, -0.25) is 14.4 Å². The summed E-state index contributed by atoms with van der Waals surface area (Å²) in [6.07, 6.45) is 1.91. The lowest BCUT2D eigenvalue weighted by atomic mass is 9.96. The van der Waals surface area contributed by atoms with Crippen molar-refractivity contribution in [3.8, 4) is 0 Å². The number of rotatable bonds is 6. The molecule has 0 saturated carbocycles. The molecule has 1 atom stereocenters. The van der Waals surface area contributed by atoms with E-state index in [2.05, 4.69) is 10.6 Å². The number of anilines is 2. The number of nitrogens with zero attached hydrogens (tertiary/aromatic N) is 1. The van der Waals surface area contributed by atoms with Crippen LogP contribution in [0.1, 0.15) is 43.5 Å². The van der Waals surface area contributed by atoms with Crippen molar-refractivity contribution in [2.24, 2.45) is 11.8 Å². The van der Waals surface area contributed by atoms with Gasteiger partial charge in [0.1, 0.15) is 0 Å². The molecule has 1 aliphatic rings. The van der Waals surface area contributed by atoms with Gasteiger partial charge in [-0.25, -0.2) is 0 Å². The van der Waals surface area contributed by atoms with E-state index in [1.165, 1.54) is 0 Å². The summed E-state index contributed by atoms with van der Waals surface area (Å²) in [4.78, 5) is 39.2. The first-order valence-corrected chi connectivity index (χ1v) is 11.4. The quantitative estimate of drug-likeness (QED) is 0.581. The largest absolute Gasteiger partial charge is 0.338 e. The molecule has 2 aromatic rings. The average Bonchev–Trinajstić information content (AvgIpc) is 2.76. The number of benzene rings is 2. The fourth-order valence-electron chi connectivity index (χ4n) is 3.65. The van der Waals surface area contributed by atoms with Crippen molar-refractivity contribution in [2.75, 3.05) is 23.7 Å². The first kappa shape index (κ1) is 24.1. The van der Waals surface area contributed by atoms with E-state index in [0.717, 1.165) is 6.42 Å². The molecule has 3 amide bonds. The molecule has 1 fully saturated rings. The van der Waals surface area contributed by atoms with Crippen LogP contribution in [0.15, 0.2) is 42.5 Å². The molecule has 1 unspecified atom stereocenters. The van der Waals surface area contributed by atoms with Crippen molar-refractivity contribution in [1.82, 2.24) is 4.90 Å². The van der Waals surface area contributed by atoms with E-state index in [4.69, 9.17) is 23.2 Å². The van der Waals surface area contributed by atoms with Gasteiger partial charge in [0.2, 0.25) is 11.8 Å². The fraction of sp³-hybridized carbons (Fsp3) is 0.375. The zero-order valence-electron chi connectivity index (χ0n) is 18.2. The Hall–Kier alpha value is -2.57. The van der Waals surface area contributed by atoms with E-state index < -0.39 is 0 Å². The Balaban J connectivity index is 1.57. The highest BCUT2D eigenvalue weighted by Gasteiger charge is 2.29. The standard InChI is InChI=1S/C24H27Cl2N3O3/c1-15(2)12-22(30)27-18-6-8-19(9-7-18)28-23(31)17-4-3-11-29(14-17)24(32)16-5-10-20(25)21(26)13-16/h5-10,13,15,17H,3-4,11-12,14H2,1-2H3,(H,27,30)(H,28,31). The Morgan fingerprint density at radius 3 is 2.28 bits per heavy atom. The molecule has 1 heterocycles. The van der Waals surface area contributed by atoms with Crippen LogP contribution >= 0.6 is 23.2 Å². The van der Waals surface area contributed by atoms with Crippen molar-refractivity contribution >= 4 is 52.3 Å². The van der Waals surface area contributed by atoms with E-state index in [1.807, 2.05) is 13.8 Å². The van der Waals surface area contributed by atoms with E-state index in [9.17, 15) is 14.4 Å². The number of hydrogen-bond acceptors (Lipinski definition) is 3. The van der Waals surface area contributed by atoms with Crippen molar-refractivity contribution in [2.45, 2.75) is 33.1 Å². The van der Waals surface area contributed by atoms with Crippen LogP contribution in [0.3, 0.4) is 0 Å². The van der Waals surface area contributed by atoms with Crippen LogP contribution in [0.5, 0.6) is 0 Å². The molecule has 0 bridgehead atoms. The first-order valence-electron chi connectivity index (χ1n) is 10.7. The second-order valence-corrected chi connectivity index (χ2v) is 9.25. The lowest BCUT2D eigenvalue weighted by molar-refractivity contribution is -0.121. The van der Waals surface area contributed by atoms with Gasteiger partial charge in [-0.1, -0.05) is 37.0 Å². The Bertz CT molecular complexity index is 992. The zero-order valence-corrected chi connectivity index (χ0v) is 19.7. The smallest absolute Gasteiger partial charge is 0.253 e. The minimum absolute atomic E-state index is 0.0364. The summed E-state index contributed by atoms with van der Waals surface area (Å²) in [7, 11) is 0. The highest BCUT2D eigenvalue weighted by atomic mass is 35.5. The molecule has 1 aliphatic heterocycles. The van der Waals surface area contributed by atoms with Gasteiger partial charge in [0, 0.05) is 36.4 Å². The number of piperidine rings is 1. The molecule has 0 aliphatic carbocycles. The number of likely N-dealkylation sites (tertiary alicyclic amines) is 1. The maximum atomic E-state index is 12.8. The van der Waals surface area contributed by atoms with Gasteiger partial charge in [-0.2, -0.15) is 0 Å². The summed E-state index contributed by atoms with van der Waals surface area (Å²) in [6.45, 7) is 4.91. The Labute approximate surface area is 198 Å². The Kier molecular flexibility index (Phi) is 8.15. The van der Waals surface area contributed by atoms with Gasteiger partial charge in [0.25, 0.3) is 5.91 Å². The molecular weight excluding hydrogens is 449 g/mol. The van der Waals surface area contributed by atoms with Crippen LogP contribution in [0.2, 0.25) is 10.0 Å². The molecule has 0 spiro atoms. The SMILES string of the molecule is CC(C)CC(=O)Nc1ccc(NC(=O)C2CCCN(C(=O)c3ccc(Cl)c(Cl)c3)C2)cc1. The highest BCUT2D eigenvalue weighted by Crippen LogP contribution is 2.25. The molecule has 0 radical (unpaired) electrons. The first-order chi connectivity index (χ1) is 15.2. The monoisotopic (exact) mass is 475 g/mol. The predicted octanol–water partition coefficient (Wildman–Crippen LogP) is 5.47. The number of halogens is 2. The molecule has 2 N–H and O–H groups in total. The molecular formula is C24H27Cl2N3O3.